The molecular formula is C18H24N2O4. The number of piperazine rings is 1. The van der Waals surface area contributed by atoms with Gasteiger partial charge in [0.25, 0.3) is 5.91 Å². The number of para-hydroxylation sites is 2. The van der Waals surface area contributed by atoms with E-state index in [0.717, 1.165) is 45.7 Å². The molecule has 2 fully saturated rings. The minimum atomic E-state index is -0.555. The van der Waals surface area contributed by atoms with E-state index in [1.54, 1.807) is 0 Å². The minimum Gasteiger partial charge on any atom is -0.485 e. The second kappa shape index (κ2) is 6.26. The molecule has 130 valence electrons. The number of likely N-dealkylation sites (N-methyl/N-ethyl adjacent to an activating group) is 1. The van der Waals surface area contributed by atoms with Crippen molar-refractivity contribution in [2.24, 2.45) is 0 Å². The Balaban J connectivity index is 1.47. The van der Waals surface area contributed by atoms with Crippen LogP contribution in [0.3, 0.4) is 0 Å². The maximum Gasteiger partial charge on any atom is 0.267 e. The zero-order valence-electron chi connectivity index (χ0n) is 14.1. The van der Waals surface area contributed by atoms with Crippen LogP contribution in [0, 0.1) is 0 Å². The molecule has 2 saturated heterocycles. The van der Waals surface area contributed by atoms with Gasteiger partial charge in [-0.15, -0.1) is 0 Å². The second-order valence-electron chi connectivity index (χ2n) is 6.88. The molecule has 3 aliphatic rings. The Hall–Kier alpha value is -1.79. The van der Waals surface area contributed by atoms with Crippen LogP contribution in [-0.2, 0) is 9.53 Å². The Kier molecular flexibility index (Phi) is 4.10. The topological polar surface area (TPSA) is 51.2 Å². The van der Waals surface area contributed by atoms with Crippen molar-refractivity contribution in [3.63, 3.8) is 0 Å². The molecule has 1 spiro atoms. The lowest BCUT2D eigenvalue weighted by atomic mass is 9.86. The lowest BCUT2D eigenvalue weighted by Crippen LogP contribution is -2.65. The van der Waals surface area contributed by atoms with Gasteiger partial charge in [-0.25, -0.2) is 0 Å². The number of rotatable bonds is 1. The first kappa shape index (κ1) is 15.7. The maximum absolute atomic E-state index is 13.0. The number of carbonyl (C=O) groups excluding carboxylic acids is 1. The molecule has 6 nitrogen and oxygen atoms in total. The van der Waals surface area contributed by atoms with Gasteiger partial charge in [0.15, 0.2) is 11.5 Å². The SMILES string of the molecule is CN1CCN(C(=O)C2COc3ccccc3O2)CC12CCOCC2. The molecular weight excluding hydrogens is 308 g/mol. The molecule has 3 heterocycles. The lowest BCUT2D eigenvalue weighted by molar-refractivity contribution is -0.149. The largest absolute Gasteiger partial charge is 0.485 e. The van der Waals surface area contributed by atoms with Gasteiger partial charge in [0.05, 0.1) is 0 Å². The van der Waals surface area contributed by atoms with Crippen LogP contribution in [0.4, 0.5) is 0 Å². The summed E-state index contributed by atoms with van der Waals surface area (Å²) in [6.45, 7) is 4.17. The smallest absolute Gasteiger partial charge is 0.267 e. The van der Waals surface area contributed by atoms with E-state index in [-0.39, 0.29) is 18.1 Å². The molecule has 6 heteroatoms. The van der Waals surface area contributed by atoms with Crippen molar-refractivity contribution < 1.29 is 19.0 Å². The van der Waals surface area contributed by atoms with Crippen molar-refractivity contribution in [1.29, 1.82) is 0 Å². The first-order chi connectivity index (χ1) is 11.7. The molecule has 24 heavy (non-hydrogen) atoms. The van der Waals surface area contributed by atoms with Gasteiger partial charge in [0.1, 0.15) is 6.61 Å². The molecule has 0 radical (unpaired) electrons. The first-order valence-electron chi connectivity index (χ1n) is 8.64. The molecule has 0 aliphatic carbocycles. The number of hydrogen-bond acceptors (Lipinski definition) is 5. The van der Waals surface area contributed by atoms with E-state index in [1.165, 1.54) is 0 Å². The summed E-state index contributed by atoms with van der Waals surface area (Å²) < 4.78 is 17.1. The molecule has 4 rings (SSSR count). The minimum absolute atomic E-state index is 0.0310. The molecule has 1 aromatic carbocycles. The predicted octanol–water partition coefficient (Wildman–Crippen LogP) is 1.15. The quantitative estimate of drug-likeness (QED) is 0.772. The van der Waals surface area contributed by atoms with Crippen molar-refractivity contribution in [3.05, 3.63) is 24.3 Å². The molecule has 3 aliphatic heterocycles. The van der Waals surface area contributed by atoms with Gasteiger partial charge in [-0.1, -0.05) is 12.1 Å². The third kappa shape index (κ3) is 2.74. The zero-order valence-corrected chi connectivity index (χ0v) is 14.1. The number of hydrogen-bond donors (Lipinski definition) is 0. The predicted molar refractivity (Wildman–Crippen MR) is 88.3 cm³/mol. The molecule has 1 atom stereocenters. The molecule has 1 aromatic rings. The van der Waals surface area contributed by atoms with Crippen LogP contribution in [0.2, 0.25) is 0 Å². The summed E-state index contributed by atoms with van der Waals surface area (Å²) in [4.78, 5) is 17.3. The van der Waals surface area contributed by atoms with Crippen LogP contribution in [0.1, 0.15) is 12.8 Å². The maximum atomic E-state index is 13.0. The average molecular weight is 332 g/mol. The van der Waals surface area contributed by atoms with Gasteiger partial charge in [-0.3, -0.25) is 9.69 Å². The summed E-state index contributed by atoms with van der Waals surface area (Å²) in [7, 11) is 2.16. The van der Waals surface area contributed by atoms with E-state index in [9.17, 15) is 4.79 Å². The van der Waals surface area contributed by atoms with E-state index in [2.05, 4.69) is 11.9 Å². The van der Waals surface area contributed by atoms with E-state index in [0.29, 0.717) is 11.5 Å². The lowest BCUT2D eigenvalue weighted by Gasteiger charge is -2.51. The Morgan fingerprint density at radius 3 is 2.71 bits per heavy atom. The van der Waals surface area contributed by atoms with Crippen LogP contribution in [-0.4, -0.2) is 73.9 Å². The second-order valence-corrected chi connectivity index (χ2v) is 6.88. The Morgan fingerprint density at radius 2 is 1.92 bits per heavy atom. The molecule has 1 unspecified atom stereocenters. The number of ether oxygens (including phenoxy) is 3. The number of nitrogens with zero attached hydrogens (tertiary/aromatic N) is 2. The highest BCUT2D eigenvalue weighted by atomic mass is 16.6. The molecule has 0 aromatic heterocycles. The van der Waals surface area contributed by atoms with Crippen molar-refractivity contribution >= 4 is 5.91 Å². The standard InChI is InChI=1S/C18H24N2O4/c1-19-8-9-20(13-18(19)6-10-22-11-7-18)17(21)16-12-23-14-4-2-3-5-15(14)24-16/h2-5,16H,6-13H2,1H3. The fourth-order valence-electron chi connectivity index (χ4n) is 3.89. The van der Waals surface area contributed by atoms with Gasteiger partial charge in [-0.2, -0.15) is 0 Å². The Morgan fingerprint density at radius 1 is 1.17 bits per heavy atom. The van der Waals surface area contributed by atoms with Crippen LogP contribution in [0.25, 0.3) is 0 Å². The van der Waals surface area contributed by atoms with Crippen LogP contribution >= 0.6 is 0 Å². The first-order valence-corrected chi connectivity index (χ1v) is 8.64. The normalized spacial score (nSPS) is 26.4. The van der Waals surface area contributed by atoms with E-state index < -0.39 is 6.10 Å². The van der Waals surface area contributed by atoms with Crippen molar-refractivity contribution in [2.75, 3.05) is 46.5 Å². The van der Waals surface area contributed by atoms with E-state index in [1.807, 2.05) is 29.2 Å². The Bertz CT molecular complexity index is 615. The van der Waals surface area contributed by atoms with Gasteiger partial charge in [0.2, 0.25) is 6.10 Å². The van der Waals surface area contributed by atoms with E-state index in [4.69, 9.17) is 14.2 Å². The number of benzene rings is 1. The number of amides is 1. The summed E-state index contributed by atoms with van der Waals surface area (Å²) in [6, 6.07) is 7.50. The monoisotopic (exact) mass is 332 g/mol. The highest BCUT2D eigenvalue weighted by Crippen LogP contribution is 2.33. The molecule has 0 saturated carbocycles. The highest BCUT2D eigenvalue weighted by molar-refractivity contribution is 5.82. The Labute approximate surface area is 142 Å². The van der Waals surface area contributed by atoms with Crippen molar-refractivity contribution in [1.82, 2.24) is 9.80 Å². The van der Waals surface area contributed by atoms with Crippen LogP contribution in [0.5, 0.6) is 11.5 Å². The van der Waals surface area contributed by atoms with Crippen LogP contribution < -0.4 is 9.47 Å². The summed E-state index contributed by atoms with van der Waals surface area (Å²) >= 11 is 0. The van der Waals surface area contributed by atoms with Crippen molar-refractivity contribution in [2.45, 2.75) is 24.5 Å². The van der Waals surface area contributed by atoms with E-state index >= 15 is 0 Å². The third-order valence-electron chi connectivity index (χ3n) is 5.52. The summed E-state index contributed by atoms with van der Waals surface area (Å²) in [6.07, 6.45) is 1.39. The summed E-state index contributed by atoms with van der Waals surface area (Å²) in [5.41, 5.74) is 0.0413. The van der Waals surface area contributed by atoms with Crippen molar-refractivity contribution in [3.8, 4) is 11.5 Å². The summed E-state index contributed by atoms with van der Waals surface area (Å²) in [5, 5.41) is 0. The number of fused-ring (bicyclic) bond motifs is 1. The van der Waals surface area contributed by atoms with Crippen LogP contribution in [0.15, 0.2) is 24.3 Å². The zero-order chi connectivity index (χ0) is 16.6. The number of carbonyl (C=O) groups is 1. The van der Waals surface area contributed by atoms with Gasteiger partial charge in [-0.05, 0) is 32.0 Å². The summed E-state index contributed by atoms with van der Waals surface area (Å²) in [5.74, 6) is 1.39. The van der Waals surface area contributed by atoms with Gasteiger partial charge >= 0.3 is 0 Å². The molecule has 0 N–H and O–H groups in total. The molecule has 1 amide bonds. The fraction of sp³-hybridized carbons (Fsp3) is 0.611. The molecule has 0 bridgehead atoms. The van der Waals surface area contributed by atoms with Gasteiger partial charge < -0.3 is 19.1 Å². The average Bonchev–Trinajstić information content (AvgIpc) is 2.64. The fourth-order valence-corrected chi connectivity index (χ4v) is 3.89. The highest BCUT2D eigenvalue weighted by Gasteiger charge is 2.44. The third-order valence-corrected chi connectivity index (χ3v) is 5.52. The van der Waals surface area contributed by atoms with Gasteiger partial charge in [0, 0.05) is 38.4 Å².